The number of rotatable bonds is 4. The number of piperidine rings is 1. The van der Waals surface area contributed by atoms with Gasteiger partial charge in [0, 0.05) is 56.6 Å². The van der Waals surface area contributed by atoms with Gasteiger partial charge in [-0.2, -0.15) is 4.31 Å². The van der Waals surface area contributed by atoms with Crippen LogP contribution in [0.2, 0.25) is 0 Å². The van der Waals surface area contributed by atoms with Crippen LogP contribution in [0.15, 0.2) is 76.4 Å². The third kappa shape index (κ3) is 3.55. The Balaban J connectivity index is 1.47. The van der Waals surface area contributed by atoms with Crippen molar-refractivity contribution in [3.05, 3.63) is 82.8 Å². The fraction of sp³-hybridized carbons (Fsp3) is 0.320. The summed E-state index contributed by atoms with van der Waals surface area (Å²) in [6.07, 6.45) is 0.914. The van der Waals surface area contributed by atoms with Gasteiger partial charge in [0.2, 0.25) is 10.0 Å². The van der Waals surface area contributed by atoms with E-state index in [2.05, 4.69) is 0 Å². The molecule has 0 unspecified atom stereocenters. The standard InChI is InChI=1S/C25H27N3O3S/c1-26(2)21-10-8-19(9-11-21)23-12-13-24-20-14-18(16-28(24)25(23)29)15-27(17-20)32(30,31)22-6-4-3-5-7-22/h3-13,18,20H,14-17H2,1-2H3/t18-,20+/m0/s1. The minimum Gasteiger partial charge on any atom is -0.378 e. The highest BCUT2D eigenvalue weighted by molar-refractivity contribution is 7.89. The highest BCUT2D eigenvalue weighted by atomic mass is 32.2. The maximum atomic E-state index is 13.4. The molecule has 0 saturated carbocycles. The van der Waals surface area contributed by atoms with Crippen LogP contribution >= 0.6 is 0 Å². The van der Waals surface area contributed by atoms with Gasteiger partial charge in [0.15, 0.2) is 0 Å². The van der Waals surface area contributed by atoms with Crippen molar-refractivity contribution in [3.63, 3.8) is 0 Å². The van der Waals surface area contributed by atoms with Gasteiger partial charge in [-0.25, -0.2) is 8.42 Å². The highest BCUT2D eigenvalue weighted by Crippen LogP contribution is 2.37. The van der Waals surface area contributed by atoms with Gasteiger partial charge in [0.05, 0.1) is 4.90 Å². The average molecular weight is 450 g/mol. The Hall–Kier alpha value is -2.90. The SMILES string of the molecule is CN(C)c1ccc(-c2ccc3n(c2=O)C[C@H]2C[C@@H]3CN(S(=O)(=O)c3ccccc3)C2)cc1. The van der Waals surface area contributed by atoms with Gasteiger partial charge < -0.3 is 9.47 Å². The molecule has 3 aromatic rings. The van der Waals surface area contributed by atoms with Gasteiger partial charge in [-0.05, 0) is 54.3 Å². The van der Waals surface area contributed by atoms with Crippen molar-refractivity contribution in [2.24, 2.45) is 5.92 Å². The van der Waals surface area contributed by atoms with Crippen LogP contribution in [0, 0.1) is 5.92 Å². The van der Waals surface area contributed by atoms with E-state index in [-0.39, 0.29) is 17.4 Å². The molecule has 0 aliphatic carbocycles. The molecule has 2 atom stereocenters. The molecule has 1 saturated heterocycles. The third-order valence-electron chi connectivity index (χ3n) is 6.65. The summed E-state index contributed by atoms with van der Waals surface area (Å²) in [6.45, 7) is 1.40. The van der Waals surface area contributed by atoms with Crippen LogP contribution in [0.1, 0.15) is 18.0 Å². The summed E-state index contributed by atoms with van der Waals surface area (Å²) in [5, 5.41) is 0. The molecule has 0 radical (unpaired) electrons. The molecule has 2 aromatic carbocycles. The smallest absolute Gasteiger partial charge is 0.258 e. The average Bonchev–Trinajstić information content (AvgIpc) is 2.80. The fourth-order valence-corrected chi connectivity index (χ4v) is 6.58. The van der Waals surface area contributed by atoms with E-state index in [0.29, 0.717) is 30.1 Å². The summed E-state index contributed by atoms with van der Waals surface area (Å²) < 4.78 is 29.8. The lowest BCUT2D eigenvalue weighted by Gasteiger charge is -2.42. The first-order valence-electron chi connectivity index (χ1n) is 10.9. The van der Waals surface area contributed by atoms with Gasteiger partial charge in [-0.1, -0.05) is 30.3 Å². The van der Waals surface area contributed by atoms with Crippen molar-refractivity contribution in [2.45, 2.75) is 23.8 Å². The molecule has 6 nitrogen and oxygen atoms in total. The van der Waals surface area contributed by atoms with Crippen LogP contribution in [0.4, 0.5) is 5.69 Å². The zero-order valence-electron chi connectivity index (χ0n) is 18.3. The summed E-state index contributed by atoms with van der Waals surface area (Å²) in [5.41, 5.74) is 3.62. The zero-order valence-corrected chi connectivity index (χ0v) is 19.1. The molecular formula is C25H27N3O3S. The Morgan fingerprint density at radius 1 is 0.875 bits per heavy atom. The largest absolute Gasteiger partial charge is 0.378 e. The van der Waals surface area contributed by atoms with Crippen molar-refractivity contribution < 1.29 is 8.42 Å². The Morgan fingerprint density at radius 2 is 1.59 bits per heavy atom. The summed E-state index contributed by atoms with van der Waals surface area (Å²) in [5.74, 6) is 0.155. The molecular weight excluding hydrogens is 422 g/mol. The van der Waals surface area contributed by atoms with Crippen LogP contribution in [0.3, 0.4) is 0 Å². The molecule has 7 heteroatoms. The number of fused-ring (bicyclic) bond motifs is 4. The Labute approximate surface area is 188 Å². The van der Waals surface area contributed by atoms with Gasteiger partial charge in [0.25, 0.3) is 5.56 Å². The first-order chi connectivity index (χ1) is 15.3. The second-order valence-electron chi connectivity index (χ2n) is 8.96. The molecule has 0 amide bonds. The number of sulfonamides is 1. The van der Waals surface area contributed by atoms with Crippen molar-refractivity contribution in [2.75, 3.05) is 32.1 Å². The van der Waals surface area contributed by atoms with E-state index in [9.17, 15) is 13.2 Å². The van der Waals surface area contributed by atoms with Crippen LogP contribution in [0.5, 0.6) is 0 Å². The van der Waals surface area contributed by atoms with Crippen molar-refractivity contribution >= 4 is 15.7 Å². The highest BCUT2D eigenvalue weighted by Gasteiger charge is 2.39. The Kier molecular flexibility index (Phi) is 5.18. The number of benzene rings is 2. The number of hydrogen-bond acceptors (Lipinski definition) is 4. The van der Waals surface area contributed by atoms with Crippen molar-refractivity contribution in [3.8, 4) is 11.1 Å². The van der Waals surface area contributed by atoms with E-state index in [1.165, 1.54) is 0 Å². The maximum Gasteiger partial charge on any atom is 0.258 e. The van der Waals surface area contributed by atoms with Crippen LogP contribution in [-0.2, 0) is 16.6 Å². The van der Waals surface area contributed by atoms with Crippen LogP contribution in [0.25, 0.3) is 11.1 Å². The lowest BCUT2D eigenvalue weighted by atomic mass is 9.84. The first-order valence-corrected chi connectivity index (χ1v) is 12.4. The topological polar surface area (TPSA) is 62.6 Å². The van der Waals surface area contributed by atoms with Gasteiger partial charge in [-0.3, -0.25) is 4.79 Å². The molecule has 166 valence electrons. The predicted octanol–water partition coefficient (Wildman–Crippen LogP) is 3.39. The minimum atomic E-state index is -3.54. The van der Waals surface area contributed by atoms with E-state index < -0.39 is 10.0 Å². The molecule has 1 aromatic heterocycles. The summed E-state index contributed by atoms with van der Waals surface area (Å²) >= 11 is 0. The van der Waals surface area contributed by atoms with Gasteiger partial charge in [0.1, 0.15) is 0 Å². The van der Waals surface area contributed by atoms with E-state index >= 15 is 0 Å². The number of aromatic nitrogens is 1. The molecule has 2 bridgehead atoms. The number of hydrogen-bond donors (Lipinski definition) is 0. The van der Waals surface area contributed by atoms with Gasteiger partial charge >= 0.3 is 0 Å². The second-order valence-corrected chi connectivity index (χ2v) is 10.9. The molecule has 5 rings (SSSR count). The fourth-order valence-electron chi connectivity index (χ4n) is 5.00. The molecule has 2 aliphatic rings. The molecule has 0 N–H and O–H groups in total. The van der Waals surface area contributed by atoms with E-state index in [1.807, 2.05) is 66.0 Å². The minimum absolute atomic E-state index is 0.00849. The normalized spacial score (nSPS) is 20.6. The van der Waals surface area contributed by atoms with Gasteiger partial charge in [-0.15, -0.1) is 0 Å². The van der Waals surface area contributed by atoms with Crippen LogP contribution < -0.4 is 10.5 Å². The molecule has 2 aliphatic heterocycles. The summed E-state index contributed by atoms with van der Waals surface area (Å²) in [4.78, 5) is 15.7. The predicted molar refractivity (Wildman–Crippen MR) is 127 cm³/mol. The number of nitrogens with zero attached hydrogens (tertiary/aromatic N) is 3. The van der Waals surface area contributed by atoms with E-state index in [4.69, 9.17) is 0 Å². The monoisotopic (exact) mass is 449 g/mol. The lowest BCUT2D eigenvalue weighted by Crippen LogP contribution is -2.49. The van der Waals surface area contributed by atoms with Crippen molar-refractivity contribution in [1.82, 2.24) is 8.87 Å². The number of pyridine rings is 1. The molecule has 32 heavy (non-hydrogen) atoms. The van der Waals surface area contributed by atoms with Crippen molar-refractivity contribution in [1.29, 1.82) is 0 Å². The first kappa shape index (κ1) is 21.0. The maximum absolute atomic E-state index is 13.4. The summed E-state index contributed by atoms with van der Waals surface area (Å²) in [6, 6.07) is 20.5. The second kappa shape index (κ2) is 7.90. The quantitative estimate of drug-likeness (QED) is 0.613. The van der Waals surface area contributed by atoms with Crippen LogP contribution in [-0.4, -0.2) is 44.5 Å². The van der Waals surface area contributed by atoms with E-state index in [1.54, 1.807) is 28.6 Å². The Bertz CT molecular complexity index is 1300. The summed E-state index contributed by atoms with van der Waals surface area (Å²) in [7, 11) is 0.441. The zero-order chi connectivity index (χ0) is 22.5. The molecule has 0 spiro atoms. The lowest BCUT2D eigenvalue weighted by molar-refractivity contribution is 0.186. The number of anilines is 1. The van der Waals surface area contributed by atoms with E-state index in [0.717, 1.165) is 23.4 Å². The molecule has 3 heterocycles. The third-order valence-corrected chi connectivity index (χ3v) is 8.49. The molecule has 1 fully saturated rings. The Morgan fingerprint density at radius 3 is 2.28 bits per heavy atom.